The summed E-state index contributed by atoms with van der Waals surface area (Å²) in [6.45, 7) is 4.96. The highest BCUT2D eigenvalue weighted by Gasteiger charge is 2.39. The summed E-state index contributed by atoms with van der Waals surface area (Å²) in [6.07, 6.45) is 5.87. The number of amides is 1. The Morgan fingerprint density at radius 1 is 1.17 bits per heavy atom. The maximum Gasteiger partial charge on any atom is 0.307 e. The molecule has 0 radical (unpaired) electrons. The summed E-state index contributed by atoms with van der Waals surface area (Å²) in [7, 11) is 0. The van der Waals surface area contributed by atoms with Gasteiger partial charge >= 0.3 is 5.97 Å². The fourth-order valence-corrected chi connectivity index (χ4v) is 3.18. The summed E-state index contributed by atoms with van der Waals surface area (Å²) < 4.78 is 0. The molecule has 2 rings (SSSR count). The molecule has 0 bridgehead atoms. The van der Waals surface area contributed by atoms with Crippen molar-refractivity contribution in [3.05, 3.63) is 12.2 Å². The van der Waals surface area contributed by atoms with Crippen molar-refractivity contribution in [2.45, 2.75) is 39.2 Å². The van der Waals surface area contributed by atoms with Crippen LogP contribution in [0.15, 0.2) is 12.2 Å². The lowest BCUT2D eigenvalue weighted by atomic mass is 9.82. The van der Waals surface area contributed by atoms with Gasteiger partial charge in [-0.2, -0.15) is 0 Å². The molecule has 18 heavy (non-hydrogen) atoms. The number of carbonyl (C=O) groups is 2. The first kappa shape index (κ1) is 13.1. The number of allylic oxidation sites excluding steroid dienone is 2. The predicted octanol–water partition coefficient (Wildman–Crippen LogP) is 1.91. The van der Waals surface area contributed by atoms with Crippen LogP contribution in [0, 0.1) is 17.8 Å². The molecule has 1 amide bonds. The molecule has 1 N–H and O–H groups in total. The van der Waals surface area contributed by atoms with Gasteiger partial charge < -0.3 is 10.0 Å². The lowest BCUT2D eigenvalue weighted by molar-refractivity contribution is -0.150. The monoisotopic (exact) mass is 251 g/mol. The Morgan fingerprint density at radius 3 is 2.28 bits per heavy atom. The van der Waals surface area contributed by atoms with Gasteiger partial charge in [-0.3, -0.25) is 9.59 Å². The number of hydrogen-bond acceptors (Lipinski definition) is 2. The van der Waals surface area contributed by atoms with Crippen molar-refractivity contribution in [2.75, 3.05) is 6.54 Å². The maximum absolute atomic E-state index is 12.5. The van der Waals surface area contributed by atoms with Crippen LogP contribution >= 0.6 is 0 Å². The second-order valence-electron chi connectivity index (χ2n) is 5.67. The topological polar surface area (TPSA) is 57.6 Å². The molecule has 1 fully saturated rings. The average Bonchev–Trinajstić information content (AvgIpc) is 2.67. The van der Waals surface area contributed by atoms with Crippen molar-refractivity contribution < 1.29 is 14.7 Å². The van der Waals surface area contributed by atoms with Crippen molar-refractivity contribution in [1.29, 1.82) is 0 Å². The number of aliphatic carboxylic acids is 1. The summed E-state index contributed by atoms with van der Waals surface area (Å²) in [5.41, 5.74) is 0. The van der Waals surface area contributed by atoms with Crippen LogP contribution in [0.1, 0.15) is 33.1 Å². The SMILES string of the molecule is CC1CC(C)N(C(=O)[C@@H]2CC=CC[C@@H]2C(=O)O)C1. The van der Waals surface area contributed by atoms with E-state index in [1.807, 2.05) is 17.1 Å². The van der Waals surface area contributed by atoms with Crippen molar-refractivity contribution in [3.63, 3.8) is 0 Å². The zero-order valence-electron chi connectivity index (χ0n) is 11.0. The Bertz CT molecular complexity index is 377. The van der Waals surface area contributed by atoms with E-state index >= 15 is 0 Å². The molecular weight excluding hydrogens is 230 g/mol. The Kier molecular flexibility index (Phi) is 3.73. The molecule has 0 spiro atoms. The van der Waals surface area contributed by atoms with Gasteiger partial charge in [-0.25, -0.2) is 0 Å². The summed E-state index contributed by atoms with van der Waals surface area (Å²) in [5.74, 6) is -1.22. The molecular formula is C14H21NO3. The number of carbonyl (C=O) groups excluding carboxylic acids is 1. The number of hydrogen-bond donors (Lipinski definition) is 1. The molecule has 0 saturated carbocycles. The van der Waals surface area contributed by atoms with Gasteiger partial charge in [-0.05, 0) is 32.1 Å². The van der Waals surface area contributed by atoms with Gasteiger partial charge in [-0.1, -0.05) is 19.1 Å². The summed E-state index contributed by atoms with van der Waals surface area (Å²) in [6, 6.07) is 0.243. The van der Waals surface area contributed by atoms with E-state index in [4.69, 9.17) is 0 Å². The van der Waals surface area contributed by atoms with Crippen LogP contribution in [0.2, 0.25) is 0 Å². The Balaban J connectivity index is 2.12. The highest BCUT2D eigenvalue weighted by Crippen LogP contribution is 2.31. The Hall–Kier alpha value is -1.32. The lowest BCUT2D eigenvalue weighted by Crippen LogP contribution is -2.43. The van der Waals surface area contributed by atoms with Crippen LogP contribution < -0.4 is 0 Å². The second-order valence-corrected chi connectivity index (χ2v) is 5.67. The van der Waals surface area contributed by atoms with Crippen LogP contribution in [0.4, 0.5) is 0 Å². The zero-order valence-corrected chi connectivity index (χ0v) is 11.0. The Morgan fingerprint density at radius 2 is 1.78 bits per heavy atom. The quantitative estimate of drug-likeness (QED) is 0.763. The van der Waals surface area contributed by atoms with Crippen LogP contribution in [0.5, 0.6) is 0 Å². The van der Waals surface area contributed by atoms with Crippen molar-refractivity contribution in [2.24, 2.45) is 17.8 Å². The maximum atomic E-state index is 12.5. The molecule has 4 atom stereocenters. The molecule has 1 saturated heterocycles. The minimum atomic E-state index is -0.849. The normalized spacial score (nSPS) is 35.8. The third kappa shape index (κ3) is 2.42. The van der Waals surface area contributed by atoms with Gasteiger partial charge in [0.05, 0.1) is 11.8 Å². The van der Waals surface area contributed by atoms with Crippen LogP contribution in [0.3, 0.4) is 0 Å². The summed E-state index contributed by atoms with van der Waals surface area (Å²) in [5, 5.41) is 9.21. The number of nitrogens with zero attached hydrogens (tertiary/aromatic N) is 1. The highest BCUT2D eigenvalue weighted by molar-refractivity contribution is 5.85. The van der Waals surface area contributed by atoms with Gasteiger partial charge in [0, 0.05) is 12.6 Å². The molecule has 2 unspecified atom stereocenters. The van der Waals surface area contributed by atoms with Crippen molar-refractivity contribution in [1.82, 2.24) is 4.90 Å². The van der Waals surface area contributed by atoms with Crippen molar-refractivity contribution in [3.8, 4) is 0 Å². The number of carboxylic acid groups (broad SMARTS) is 1. The summed E-state index contributed by atoms with van der Waals surface area (Å²) in [4.78, 5) is 25.6. The first-order valence-electron chi connectivity index (χ1n) is 6.69. The van der Waals surface area contributed by atoms with E-state index in [0.717, 1.165) is 13.0 Å². The van der Waals surface area contributed by atoms with E-state index in [-0.39, 0.29) is 17.9 Å². The molecule has 0 aromatic rings. The molecule has 0 aromatic carbocycles. The van der Waals surface area contributed by atoms with Crippen molar-refractivity contribution >= 4 is 11.9 Å². The van der Waals surface area contributed by atoms with E-state index in [1.54, 1.807) is 0 Å². The number of carboxylic acids is 1. The minimum Gasteiger partial charge on any atom is -0.481 e. The van der Waals surface area contributed by atoms with Crippen LogP contribution in [-0.4, -0.2) is 34.5 Å². The largest absolute Gasteiger partial charge is 0.481 e. The minimum absolute atomic E-state index is 0.0311. The van der Waals surface area contributed by atoms with E-state index < -0.39 is 11.9 Å². The van der Waals surface area contributed by atoms with E-state index in [1.165, 1.54) is 0 Å². The molecule has 0 aromatic heterocycles. The number of rotatable bonds is 2. The van der Waals surface area contributed by atoms with Gasteiger partial charge in [0.2, 0.25) is 5.91 Å². The molecule has 2 aliphatic rings. The molecule has 1 aliphatic heterocycles. The molecule has 4 heteroatoms. The molecule has 1 aliphatic carbocycles. The average molecular weight is 251 g/mol. The standard InChI is InChI=1S/C14H21NO3/c1-9-7-10(2)15(8-9)13(16)11-5-3-4-6-12(11)14(17)18/h3-4,9-12H,5-8H2,1-2H3,(H,17,18)/t9?,10?,11-,12+/m1/s1. The first-order valence-corrected chi connectivity index (χ1v) is 6.69. The zero-order chi connectivity index (χ0) is 13.3. The smallest absolute Gasteiger partial charge is 0.307 e. The molecule has 4 nitrogen and oxygen atoms in total. The van der Waals surface area contributed by atoms with E-state index in [2.05, 4.69) is 13.8 Å². The lowest BCUT2D eigenvalue weighted by Gasteiger charge is -2.31. The van der Waals surface area contributed by atoms with E-state index in [0.29, 0.717) is 18.8 Å². The molecule has 1 heterocycles. The van der Waals surface area contributed by atoms with Crippen LogP contribution in [0.25, 0.3) is 0 Å². The first-order chi connectivity index (χ1) is 8.50. The van der Waals surface area contributed by atoms with E-state index in [9.17, 15) is 14.7 Å². The molecule has 100 valence electrons. The van der Waals surface area contributed by atoms with Gasteiger partial charge in [0.25, 0.3) is 0 Å². The fourth-order valence-electron chi connectivity index (χ4n) is 3.18. The third-order valence-electron chi connectivity index (χ3n) is 4.13. The third-order valence-corrected chi connectivity index (χ3v) is 4.13. The highest BCUT2D eigenvalue weighted by atomic mass is 16.4. The van der Waals surface area contributed by atoms with Gasteiger partial charge in [0.1, 0.15) is 0 Å². The summed E-state index contributed by atoms with van der Waals surface area (Å²) >= 11 is 0. The fraction of sp³-hybridized carbons (Fsp3) is 0.714. The second kappa shape index (κ2) is 5.12. The van der Waals surface area contributed by atoms with Gasteiger partial charge in [-0.15, -0.1) is 0 Å². The van der Waals surface area contributed by atoms with Gasteiger partial charge in [0.15, 0.2) is 0 Å². The van der Waals surface area contributed by atoms with Crippen LogP contribution in [-0.2, 0) is 9.59 Å². The Labute approximate surface area is 108 Å². The number of likely N-dealkylation sites (tertiary alicyclic amines) is 1. The predicted molar refractivity (Wildman–Crippen MR) is 67.9 cm³/mol.